The quantitative estimate of drug-likeness (QED) is 0.886. The number of rotatable bonds is 5. The van der Waals surface area contributed by atoms with Gasteiger partial charge in [-0.2, -0.15) is 0 Å². The molecule has 1 aliphatic heterocycles. The Bertz CT molecular complexity index is 821. The van der Waals surface area contributed by atoms with E-state index in [1.807, 2.05) is 4.90 Å². The fraction of sp³-hybridized carbons (Fsp3) is 0.333. The summed E-state index contributed by atoms with van der Waals surface area (Å²) in [6.45, 7) is 1.80. The first-order valence-corrected chi connectivity index (χ1v) is 8.91. The lowest BCUT2D eigenvalue weighted by atomic mass is 10.3. The molecule has 0 bridgehead atoms. The highest BCUT2D eigenvalue weighted by atomic mass is 32.2. The molecule has 24 heavy (non-hydrogen) atoms. The lowest BCUT2D eigenvalue weighted by molar-refractivity contribution is 0.385. The minimum Gasteiger partial charge on any atom is -0.494 e. The fourth-order valence-corrected chi connectivity index (χ4v) is 3.52. The SMILES string of the molecule is COc1ccc(S(=O)(=O)Nc2cnc(N3CCCC3)nc2)cc1F. The van der Waals surface area contributed by atoms with E-state index < -0.39 is 15.8 Å². The number of aromatic nitrogens is 2. The van der Waals surface area contributed by atoms with Gasteiger partial charge in [-0.3, -0.25) is 4.72 Å². The maximum Gasteiger partial charge on any atom is 0.262 e. The zero-order chi connectivity index (χ0) is 17.2. The number of halogens is 1. The first-order chi connectivity index (χ1) is 11.5. The maximum atomic E-state index is 13.7. The summed E-state index contributed by atoms with van der Waals surface area (Å²) in [6.07, 6.45) is 5.00. The fourth-order valence-electron chi connectivity index (χ4n) is 2.48. The lowest BCUT2D eigenvalue weighted by Gasteiger charge is -2.15. The van der Waals surface area contributed by atoms with Crippen LogP contribution in [0.5, 0.6) is 5.75 Å². The van der Waals surface area contributed by atoms with E-state index in [1.54, 1.807) is 0 Å². The third-order valence-corrected chi connectivity index (χ3v) is 5.09. The molecule has 1 fully saturated rings. The van der Waals surface area contributed by atoms with Crippen molar-refractivity contribution in [2.75, 3.05) is 29.8 Å². The van der Waals surface area contributed by atoms with E-state index in [9.17, 15) is 12.8 Å². The number of ether oxygens (including phenoxy) is 1. The van der Waals surface area contributed by atoms with Crippen molar-refractivity contribution in [2.24, 2.45) is 0 Å². The molecule has 0 aliphatic carbocycles. The summed E-state index contributed by atoms with van der Waals surface area (Å²) in [5.41, 5.74) is 0.217. The van der Waals surface area contributed by atoms with Gasteiger partial charge in [0.05, 0.1) is 30.1 Å². The van der Waals surface area contributed by atoms with E-state index in [2.05, 4.69) is 14.7 Å². The van der Waals surface area contributed by atoms with Crippen LogP contribution in [0.4, 0.5) is 16.0 Å². The molecule has 0 spiro atoms. The van der Waals surface area contributed by atoms with E-state index in [0.29, 0.717) is 5.95 Å². The van der Waals surface area contributed by atoms with Gasteiger partial charge >= 0.3 is 0 Å². The zero-order valence-electron chi connectivity index (χ0n) is 13.1. The lowest BCUT2D eigenvalue weighted by Crippen LogP contribution is -2.20. The topological polar surface area (TPSA) is 84.4 Å². The summed E-state index contributed by atoms with van der Waals surface area (Å²) < 4.78 is 45.4. The second-order valence-corrected chi connectivity index (χ2v) is 7.05. The highest BCUT2D eigenvalue weighted by Gasteiger charge is 2.18. The summed E-state index contributed by atoms with van der Waals surface area (Å²) >= 11 is 0. The predicted molar refractivity (Wildman–Crippen MR) is 87.2 cm³/mol. The predicted octanol–water partition coefficient (Wildman–Crippen LogP) is 2.03. The van der Waals surface area contributed by atoms with Crippen LogP contribution in [0.2, 0.25) is 0 Å². The van der Waals surface area contributed by atoms with Crippen LogP contribution in [-0.2, 0) is 10.0 Å². The number of anilines is 2. The molecule has 0 saturated carbocycles. The molecule has 0 unspecified atom stereocenters. The molecule has 2 heterocycles. The van der Waals surface area contributed by atoms with Gasteiger partial charge in [-0.1, -0.05) is 0 Å². The molecule has 0 radical (unpaired) electrons. The number of methoxy groups -OCH3 is 1. The third-order valence-electron chi connectivity index (χ3n) is 3.71. The van der Waals surface area contributed by atoms with Gasteiger partial charge in [-0.05, 0) is 31.0 Å². The van der Waals surface area contributed by atoms with E-state index in [1.165, 1.54) is 31.6 Å². The van der Waals surface area contributed by atoms with Gasteiger partial charge in [0.25, 0.3) is 10.0 Å². The molecule has 1 saturated heterocycles. The van der Waals surface area contributed by atoms with Crippen molar-refractivity contribution in [1.29, 1.82) is 0 Å². The Hall–Kier alpha value is -2.42. The van der Waals surface area contributed by atoms with E-state index in [-0.39, 0.29) is 16.3 Å². The Morgan fingerprint density at radius 1 is 1.21 bits per heavy atom. The highest BCUT2D eigenvalue weighted by molar-refractivity contribution is 7.92. The molecule has 128 valence electrons. The first-order valence-electron chi connectivity index (χ1n) is 7.43. The number of nitrogens with one attached hydrogen (secondary N) is 1. The summed E-state index contributed by atoms with van der Waals surface area (Å²) in [6, 6.07) is 3.43. The van der Waals surface area contributed by atoms with Crippen LogP contribution in [0.25, 0.3) is 0 Å². The smallest absolute Gasteiger partial charge is 0.262 e. The summed E-state index contributed by atoms with van der Waals surface area (Å²) in [5.74, 6) is -0.195. The average Bonchev–Trinajstić information content (AvgIpc) is 3.09. The molecule has 1 aromatic carbocycles. The van der Waals surface area contributed by atoms with Crippen molar-refractivity contribution in [2.45, 2.75) is 17.7 Å². The van der Waals surface area contributed by atoms with Crippen molar-refractivity contribution in [3.8, 4) is 5.75 Å². The molecule has 9 heteroatoms. The van der Waals surface area contributed by atoms with Crippen molar-refractivity contribution in [1.82, 2.24) is 9.97 Å². The third kappa shape index (κ3) is 3.40. The van der Waals surface area contributed by atoms with E-state index >= 15 is 0 Å². The molecular formula is C15H17FN4O3S. The van der Waals surface area contributed by atoms with Crippen molar-refractivity contribution < 1.29 is 17.5 Å². The van der Waals surface area contributed by atoms with Crippen molar-refractivity contribution >= 4 is 21.7 Å². The van der Waals surface area contributed by atoms with Crippen LogP contribution in [-0.4, -0.2) is 38.6 Å². The number of sulfonamides is 1. The zero-order valence-corrected chi connectivity index (χ0v) is 13.9. The molecular weight excluding hydrogens is 335 g/mol. The van der Waals surface area contributed by atoms with Crippen LogP contribution in [0.3, 0.4) is 0 Å². The summed E-state index contributed by atoms with van der Waals surface area (Å²) in [4.78, 5) is 10.2. The molecule has 1 N–H and O–H groups in total. The number of hydrogen-bond acceptors (Lipinski definition) is 6. The van der Waals surface area contributed by atoms with Crippen molar-refractivity contribution in [3.05, 3.63) is 36.4 Å². The molecule has 2 aromatic rings. The Balaban J connectivity index is 1.77. The Morgan fingerprint density at radius 3 is 2.46 bits per heavy atom. The molecule has 0 atom stereocenters. The van der Waals surface area contributed by atoms with Gasteiger partial charge in [0.15, 0.2) is 11.6 Å². The minimum absolute atomic E-state index is 0.0211. The standard InChI is InChI=1S/C15H17FN4O3S/c1-23-14-5-4-12(8-13(14)16)24(21,22)19-11-9-17-15(18-10-11)20-6-2-3-7-20/h4-5,8-10,19H,2-3,6-7H2,1H3. The van der Waals surface area contributed by atoms with E-state index in [0.717, 1.165) is 32.0 Å². The summed E-state index contributed by atoms with van der Waals surface area (Å²) in [5, 5.41) is 0. The average molecular weight is 352 g/mol. The number of nitrogens with zero attached hydrogens (tertiary/aromatic N) is 3. The monoisotopic (exact) mass is 352 g/mol. The summed E-state index contributed by atoms with van der Waals surface area (Å²) in [7, 11) is -2.62. The van der Waals surface area contributed by atoms with Gasteiger partial charge in [0.2, 0.25) is 5.95 Å². The first kappa shape index (κ1) is 16.4. The number of hydrogen-bond donors (Lipinski definition) is 1. The van der Waals surface area contributed by atoms with Gasteiger partial charge < -0.3 is 9.64 Å². The Kier molecular flexibility index (Phi) is 4.52. The Morgan fingerprint density at radius 2 is 1.88 bits per heavy atom. The molecule has 1 aromatic heterocycles. The van der Waals surface area contributed by atoms with Crippen LogP contribution in [0, 0.1) is 5.82 Å². The second-order valence-electron chi connectivity index (χ2n) is 5.37. The largest absolute Gasteiger partial charge is 0.494 e. The van der Waals surface area contributed by atoms with Crippen LogP contribution in [0.15, 0.2) is 35.5 Å². The van der Waals surface area contributed by atoms with E-state index in [4.69, 9.17) is 4.74 Å². The van der Waals surface area contributed by atoms with Gasteiger partial charge in [-0.15, -0.1) is 0 Å². The van der Waals surface area contributed by atoms with Gasteiger partial charge in [-0.25, -0.2) is 22.8 Å². The molecule has 3 rings (SSSR count). The second kappa shape index (κ2) is 6.60. The number of benzene rings is 1. The van der Waals surface area contributed by atoms with Crippen LogP contribution in [0.1, 0.15) is 12.8 Å². The highest BCUT2D eigenvalue weighted by Crippen LogP contribution is 2.23. The van der Waals surface area contributed by atoms with Gasteiger partial charge in [0.1, 0.15) is 0 Å². The van der Waals surface area contributed by atoms with Crippen molar-refractivity contribution in [3.63, 3.8) is 0 Å². The molecule has 7 nitrogen and oxygen atoms in total. The normalized spacial score (nSPS) is 14.7. The maximum absolute atomic E-state index is 13.7. The molecule has 1 aliphatic rings. The Labute approximate surface area is 139 Å². The van der Waals surface area contributed by atoms with Crippen LogP contribution >= 0.6 is 0 Å². The molecule has 0 amide bonds. The van der Waals surface area contributed by atoms with Gasteiger partial charge in [0, 0.05) is 13.1 Å². The minimum atomic E-state index is -3.93. The van der Waals surface area contributed by atoms with Crippen LogP contribution < -0.4 is 14.4 Å².